The number of hydrazine groups is 1. The van der Waals surface area contributed by atoms with Crippen LogP contribution in [0.25, 0.3) is 0 Å². The monoisotopic (exact) mass is 249 g/mol. The molecule has 0 aliphatic heterocycles. The van der Waals surface area contributed by atoms with Gasteiger partial charge >= 0.3 is 0 Å². The van der Waals surface area contributed by atoms with Crippen molar-refractivity contribution in [2.24, 2.45) is 5.84 Å². The van der Waals surface area contributed by atoms with Crippen molar-refractivity contribution >= 4 is 28.1 Å². The maximum absolute atomic E-state index is 11.9. The molecular weight excluding hydrogens is 238 g/mol. The molecule has 17 heavy (non-hydrogen) atoms. The lowest BCUT2D eigenvalue weighted by Crippen LogP contribution is -2.13. The van der Waals surface area contributed by atoms with E-state index in [1.54, 1.807) is 18.2 Å². The second-order valence-corrected chi connectivity index (χ2v) is 4.20. The molecule has 4 N–H and O–H groups in total. The lowest BCUT2D eigenvalue weighted by molar-refractivity contribution is 0.102. The van der Waals surface area contributed by atoms with Crippen molar-refractivity contribution in [2.75, 3.05) is 10.7 Å². The zero-order chi connectivity index (χ0) is 12.3. The van der Waals surface area contributed by atoms with Crippen molar-refractivity contribution in [1.82, 2.24) is 9.59 Å². The number of hydrogen-bond donors (Lipinski definition) is 3. The van der Waals surface area contributed by atoms with Crippen molar-refractivity contribution in [1.29, 1.82) is 0 Å². The van der Waals surface area contributed by atoms with Crippen LogP contribution in [0.4, 0.5) is 10.7 Å². The highest BCUT2D eigenvalue weighted by atomic mass is 32.1. The highest BCUT2D eigenvalue weighted by Gasteiger charge is 2.08. The molecule has 1 aromatic heterocycles. The first-order chi connectivity index (χ1) is 8.20. The van der Waals surface area contributed by atoms with Crippen LogP contribution in [-0.4, -0.2) is 15.5 Å². The minimum atomic E-state index is -0.192. The second-order valence-electron chi connectivity index (χ2n) is 3.41. The lowest BCUT2D eigenvalue weighted by Gasteiger charge is -2.07. The molecule has 0 atom stereocenters. The zero-order valence-electron chi connectivity index (χ0n) is 9.10. The SMILES string of the molecule is Cc1cc(C(=O)Nc2cnns2)ccc1NN. The van der Waals surface area contributed by atoms with Gasteiger partial charge in [0, 0.05) is 17.1 Å². The summed E-state index contributed by atoms with van der Waals surface area (Å²) < 4.78 is 3.66. The van der Waals surface area contributed by atoms with Crippen LogP contribution in [0.5, 0.6) is 0 Å². The Labute approximate surface area is 102 Å². The van der Waals surface area contributed by atoms with Crippen molar-refractivity contribution in [3.05, 3.63) is 35.5 Å². The number of nitrogens with zero attached hydrogens (tertiary/aromatic N) is 2. The normalized spacial score (nSPS) is 10.0. The zero-order valence-corrected chi connectivity index (χ0v) is 9.91. The lowest BCUT2D eigenvalue weighted by atomic mass is 10.1. The van der Waals surface area contributed by atoms with Crippen LogP contribution in [0, 0.1) is 6.92 Å². The van der Waals surface area contributed by atoms with Crippen molar-refractivity contribution in [2.45, 2.75) is 6.92 Å². The molecule has 0 bridgehead atoms. The van der Waals surface area contributed by atoms with E-state index in [1.807, 2.05) is 6.92 Å². The number of nitrogen functional groups attached to an aromatic ring is 1. The topological polar surface area (TPSA) is 92.9 Å². The number of carbonyl (C=O) groups is 1. The Hall–Kier alpha value is -1.99. The van der Waals surface area contributed by atoms with Gasteiger partial charge in [0.15, 0.2) is 0 Å². The standard InChI is InChI=1S/C10H11N5OS/c1-6-4-7(2-3-8(6)14-11)10(16)13-9-5-12-15-17-9/h2-5,14H,11H2,1H3,(H,13,16). The minimum absolute atomic E-state index is 0.192. The Balaban J connectivity index is 2.17. The first-order valence-electron chi connectivity index (χ1n) is 4.86. The van der Waals surface area contributed by atoms with E-state index in [-0.39, 0.29) is 5.91 Å². The molecule has 0 spiro atoms. The van der Waals surface area contributed by atoms with E-state index in [4.69, 9.17) is 5.84 Å². The fraction of sp³-hybridized carbons (Fsp3) is 0.100. The Bertz CT molecular complexity index is 525. The van der Waals surface area contributed by atoms with E-state index in [0.29, 0.717) is 10.6 Å². The molecule has 0 fully saturated rings. The van der Waals surface area contributed by atoms with Crippen molar-refractivity contribution in [3.63, 3.8) is 0 Å². The number of amides is 1. The number of benzene rings is 1. The molecule has 1 amide bonds. The summed E-state index contributed by atoms with van der Waals surface area (Å²) in [6.45, 7) is 1.88. The van der Waals surface area contributed by atoms with E-state index < -0.39 is 0 Å². The van der Waals surface area contributed by atoms with Gasteiger partial charge in [-0.3, -0.25) is 10.6 Å². The fourth-order valence-corrected chi connectivity index (χ4v) is 1.79. The van der Waals surface area contributed by atoms with E-state index in [2.05, 4.69) is 20.3 Å². The second kappa shape index (κ2) is 4.89. The summed E-state index contributed by atoms with van der Waals surface area (Å²) in [6, 6.07) is 5.22. The third-order valence-electron chi connectivity index (χ3n) is 2.24. The number of carbonyl (C=O) groups excluding carboxylic acids is 1. The molecule has 7 heteroatoms. The van der Waals surface area contributed by atoms with E-state index in [0.717, 1.165) is 22.8 Å². The molecule has 2 aromatic rings. The number of nitrogens with one attached hydrogen (secondary N) is 2. The number of rotatable bonds is 3. The number of aryl methyl sites for hydroxylation is 1. The molecule has 6 nitrogen and oxygen atoms in total. The Morgan fingerprint density at radius 3 is 2.88 bits per heavy atom. The number of aromatic nitrogens is 2. The van der Waals surface area contributed by atoms with Crippen LogP contribution in [0.1, 0.15) is 15.9 Å². The molecule has 0 saturated heterocycles. The van der Waals surface area contributed by atoms with Crippen LogP contribution in [0.3, 0.4) is 0 Å². The Morgan fingerprint density at radius 1 is 1.47 bits per heavy atom. The smallest absolute Gasteiger partial charge is 0.256 e. The van der Waals surface area contributed by atoms with Crippen LogP contribution in [-0.2, 0) is 0 Å². The highest BCUT2D eigenvalue weighted by molar-refractivity contribution is 7.10. The van der Waals surface area contributed by atoms with Crippen LogP contribution in [0.2, 0.25) is 0 Å². The summed E-state index contributed by atoms with van der Waals surface area (Å²) in [5.41, 5.74) is 4.82. The maximum atomic E-state index is 11.9. The largest absolute Gasteiger partial charge is 0.324 e. The van der Waals surface area contributed by atoms with Crippen molar-refractivity contribution < 1.29 is 4.79 Å². The highest BCUT2D eigenvalue weighted by Crippen LogP contribution is 2.17. The molecule has 1 heterocycles. The van der Waals surface area contributed by atoms with Gasteiger partial charge in [0.2, 0.25) is 0 Å². The van der Waals surface area contributed by atoms with Crippen molar-refractivity contribution in [3.8, 4) is 0 Å². The van der Waals surface area contributed by atoms with Crippen LogP contribution in [0.15, 0.2) is 24.4 Å². The van der Waals surface area contributed by atoms with Gasteiger partial charge in [-0.15, -0.1) is 5.10 Å². The van der Waals surface area contributed by atoms with E-state index in [9.17, 15) is 4.79 Å². The molecule has 1 aromatic carbocycles. The maximum Gasteiger partial charge on any atom is 0.256 e. The molecule has 0 saturated carbocycles. The van der Waals surface area contributed by atoms with Gasteiger partial charge in [-0.2, -0.15) is 0 Å². The van der Waals surface area contributed by atoms with E-state index >= 15 is 0 Å². The predicted octanol–water partition coefficient (Wildman–Crippen LogP) is 1.38. The summed E-state index contributed by atoms with van der Waals surface area (Å²) in [4.78, 5) is 11.9. The van der Waals surface area contributed by atoms with Crippen LogP contribution < -0.4 is 16.6 Å². The number of anilines is 2. The van der Waals surface area contributed by atoms with Gasteiger partial charge in [0.25, 0.3) is 5.91 Å². The number of nitrogens with two attached hydrogens (primary N) is 1. The Morgan fingerprint density at radius 2 is 2.29 bits per heavy atom. The number of hydrogen-bond acceptors (Lipinski definition) is 6. The first-order valence-corrected chi connectivity index (χ1v) is 5.64. The van der Waals surface area contributed by atoms with Gasteiger partial charge in [-0.25, -0.2) is 0 Å². The van der Waals surface area contributed by atoms with Gasteiger partial charge in [0.1, 0.15) is 5.00 Å². The molecule has 0 aliphatic rings. The average Bonchev–Trinajstić information content (AvgIpc) is 2.81. The third-order valence-corrected chi connectivity index (χ3v) is 2.82. The molecule has 0 radical (unpaired) electrons. The summed E-state index contributed by atoms with van der Waals surface area (Å²) in [6.07, 6.45) is 1.51. The van der Waals surface area contributed by atoms with Gasteiger partial charge in [0.05, 0.1) is 11.9 Å². The Kier molecular flexibility index (Phi) is 3.31. The first kappa shape index (κ1) is 11.5. The summed E-state index contributed by atoms with van der Waals surface area (Å²) >= 11 is 1.13. The molecule has 0 aliphatic carbocycles. The molecule has 0 unspecified atom stereocenters. The summed E-state index contributed by atoms with van der Waals surface area (Å²) in [7, 11) is 0. The molecule has 88 valence electrons. The summed E-state index contributed by atoms with van der Waals surface area (Å²) in [5, 5.41) is 6.97. The van der Waals surface area contributed by atoms with Gasteiger partial charge in [-0.05, 0) is 30.7 Å². The fourth-order valence-electron chi connectivity index (χ4n) is 1.37. The van der Waals surface area contributed by atoms with Gasteiger partial charge < -0.3 is 10.7 Å². The molecular formula is C10H11N5OS. The predicted molar refractivity (Wildman–Crippen MR) is 66.9 cm³/mol. The average molecular weight is 249 g/mol. The third kappa shape index (κ3) is 2.58. The van der Waals surface area contributed by atoms with E-state index in [1.165, 1.54) is 6.20 Å². The minimum Gasteiger partial charge on any atom is -0.324 e. The quantitative estimate of drug-likeness (QED) is 0.564. The van der Waals surface area contributed by atoms with Crippen LogP contribution >= 0.6 is 11.5 Å². The molecule has 2 rings (SSSR count). The summed E-state index contributed by atoms with van der Waals surface area (Å²) in [5.74, 6) is 5.13. The van der Waals surface area contributed by atoms with Gasteiger partial charge in [-0.1, -0.05) is 4.49 Å².